The topological polar surface area (TPSA) is 117 Å². The van der Waals surface area contributed by atoms with Crippen LogP contribution in [0, 0.1) is 0 Å². The number of rotatable bonds is 6. The number of carbonyl (C=O) groups excluding carboxylic acids is 1. The van der Waals surface area contributed by atoms with Gasteiger partial charge in [-0.2, -0.15) is 0 Å². The third-order valence-electron chi connectivity index (χ3n) is 2.24. The van der Waals surface area contributed by atoms with Crippen LogP contribution in [0.1, 0.15) is 23.2 Å². The Hall–Kier alpha value is -2.15. The van der Waals surface area contributed by atoms with Gasteiger partial charge in [-0.3, -0.25) is 9.59 Å². The molecule has 0 aliphatic rings. The number of aliphatic carboxylic acids is 2. The van der Waals surface area contributed by atoms with Gasteiger partial charge in [-0.25, -0.2) is 9.78 Å². The summed E-state index contributed by atoms with van der Waals surface area (Å²) in [5.74, 6) is -3.08. The van der Waals surface area contributed by atoms with E-state index < -0.39 is 23.9 Å². The normalized spacial score (nSPS) is 11.6. The van der Waals surface area contributed by atoms with Gasteiger partial charge in [-0.05, 0) is 18.6 Å². The second-order valence-corrected chi connectivity index (χ2v) is 4.05. The Bertz CT molecular complexity index is 488. The number of carboxylic acids is 2. The Kier molecular flexibility index (Phi) is 5.25. The largest absolute Gasteiger partial charge is 0.481 e. The van der Waals surface area contributed by atoms with Gasteiger partial charge in [0.1, 0.15) is 11.2 Å². The number of carbonyl (C=O) groups is 3. The summed E-state index contributed by atoms with van der Waals surface area (Å²) in [6.07, 6.45) is 0.654. The minimum absolute atomic E-state index is 0.144. The number of hydrogen-bond donors (Lipinski definition) is 3. The zero-order valence-corrected chi connectivity index (χ0v) is 10.4. The van der Waals surface area contributed by atoms with Crippen LogP contribution in [0.15, 0.2) is 18.3 Å². The van der Waals surface area contributed by atoms with E-state index in [4.69, 9.17) is 21.8 Å². The van der Waals surface area contributed by atoms with Crippen LogP contribution in [-0.4, -0.2) is 39.1 Å². The first-order valence-corrected chi connectivity index (χ1v) is 5.65. The lowest BCUT2D eigenvalue weighted by Gasteiger charge is -2.13. The lowest BCUT2D eigenvalue weighted by molar-refractivity contribution is -0.140. The Morgan fingerprint density at radius 3 is 2.47 bits per heavy atom. The fourth-order valence-corrected chi connectivity index (χ4v) is 1.39. The predicted octanol–water partition coefficient (Wildman–Crippen LogP) is 0.783. The van der Waals surface area contributed by atoms with Gasteiger partial charge in [0.2, 0.25) is 0 Å². The number of aromatic nitrogens is 1. The van der Waals surface area contributed by atoms with Crippen LogP contribution in [-0.2, 0) is 9.59 Å². The standard InChI is InChI=1S/C11H11ClN2O5/c12-8-3-1-6(5-13-8)10(17)14-7(11(18)19)2-4-9(15)16/h1,3,5,7H,2,4H2,(H,14,17)(H,15,16)(H,18,19)/t7-/m1/s1. The van der Waals surface area contributed by atoms with E-state index in [2.05, 4.69) is 10.3 Å². The first-order valence-electron chi connectivity index (χ1n) is 5.27. The molecule has 0 fully saturated rings. The molecule has 0 saturated heterocycles. The van der Waals surface area contributed by atoms with Gasteiger partial charge < -0.3 is 15.5 Å². The first-order chi connectivity index (χ1) is 8.90. The molecule has 0 unspecified atom stereocenters. The van der Waals surface area contributed by atoms with Crippen molar-refractivity contribution in [2.45, 2.75) is 18.9 Å². The van der Waals surface area contributed by atoms with Crippen LogP contribution < -0.4 is 5.32 Å². The van der Waals surface area contributed by atoms with Crippen molar-refractivity contribution in [3.63, 3.8) is 0 Å². The van der Waals surface area contributed by atoms with Gasteiger partial charge in [-0.15, -0.1) is 0 Å². The molecule has 1 atom stereocenters. The zero-order valence-electron chi connectivity index (χ0n) is 9.67. The third-order valence-corrected chi connectivity index (χ3v) is 2.46. The highest BCUT2D eigenvalue weighted by Gasteiger charge is 2.21. The Labute approximate surface area is 113 Å². The van der Waals surface area contributed by atoms with E-state index in [1.54, 1.807) is 0 Å². The molecule has 0 spiro atoms. The minimum atomic E-state index is -1.29. The minimum Gasteiger partial charge on any atom is -0.481 e. The summed E-state index contributed by atoms with van der Waals surface area (Å²) in [6.45, 7) is 0. The molecule has 0 aliphatic heterocycles. The van der Waals surface area contributed by atoms with E-state index in [0.29, 0.717) is 0 Å². The van der Waals surface area contributed by atoms with Crippen molar-refractivity contribution in [1.82, 2.24) is 10.3 Å². The van der Waals surface area contributed by atoms with Crippen LogP contribution in [0.3, 0.4) is 0 Å². The van der Waals surface area contributed by atoms with E-state index in [0.717, 1.165) is 0 Å². The molecular formula is C11H11ClN2O5. The van der Waals surface area contributed by atoms with E-state index >= 15 is 0 Å². The molecule has 8 heteroatoms. The molecule has 1 aromatic heterocycles. The van der Waals surface area contributed by atoms with Crippen LogP contribution in [0.25, 0.3) is 0 Å². The molecule has 102 valence electrons. The van der Waals surface area contributed by atoms with E-state index in [1.807, 2.05) is 0 Å². The number of halogens is 1. The Morgan fingerprint density at radius 2 is 2.00 bits per heavy atom. The molecule has 1 rings (SSSR count). The van der Waals surface area contributed by atoms with Gasteiger partial charge in [0.05, 0.1) is 5.56 Å². The summed E-state index contributed by atoms with van der Waals surface area (Å²) in [6, 6.07) is 1.52. The average Bonchev–Trinajstić information content (AvgIpc) is 2.34. The number of amides is 1. The number of nitrogens with zero attached hydrogens (tertiary/aromatic N) is 1. The SMILES string of the molecule is O=C(O)CC[C@@H](NC(=O)c1ccc(Cl)nc1)C(=O)O. The predicted molar refractivity (Wildman–Crippen MR) is 65.0 cm³/mol. The van der Waals surface area contributed by atoms with Gasteiger partial charge in [0.25, 0.3) is 5.91 Å². The maximum absolute atomic E-state index is 11.7. The highest BCUT2D eigenvalue weighted by Crippen LogP contribution is 2.06. The summed E-state index contributed by atoms with van der Waals surface area (Å²) < 4.78 is 0. The number of hydrogen-bond acceptors (Lipinski definition) is 4. The van der Waals surface area contributed by atoms with Crippen molar-refractivity contribution in [2.75, 3.05) is 0 Å². The molecule has 3 N–H and O–H groups in total. The summed E-state index contributed by atoms with van der Waals surface area (Å²) in [5.41, 5.74) is 0.144. The molecule has 19 heavy (non-hydrogen) atoms. The van der Waals surface area contributed by atoms with Gasteiger partial charge in [-0.1, -0.05) is 11.6 Å². The maximum atomic E-state index is 11.7. The van der Waals surface area contributed by atoms with E-state index in [1.165, 1.54) is 18.3 Å². The number of pyridine rings is 1. The van der Waals surface area contributed by atoms with Crippen molar-refractivity contribution in [2.24, 2.45) is 0 Å². The van der Waals surface area contributed by atoms with Gasteiger partial charge in [0, 0.05) is 12.6 Å². The van der Waals surface area contributed by atoms with Crippen LogP contribution >= 0.6 is 11.6 Å². The van der Waals surface area contributed by atoms with Crippen molar-refractivity contribution >= 4 is 29.4 Å². The van der Waals surface area contributed by atoms with Gasteiger partial charge in [0.15, 0.2) is 0 Å². The summed E-state index contributed by atoms with van der Waals surface area (Å²) in [7, 11) is 0. The lowest BCUT2D eigenvalue weighted by Crippen LogP contribution is -2.41. The van der Waals surface area contributed by atoms with E-state index in [-0.39, 0.29) is 23.6 Å². The van der Waals surface area contributed by atoms with Crippen molar-refractivity contribution < 1.29 is 24.6 Å². The van der Waals surface area contributed by atoms with Crippen LogP contribution in [0.5, 0.6) is 0 Å². The monoisotopic (exact) mass is 286 g/mol. The maximum Gasteiger partial charge on any atom is 0.326 e. The average molecular weight is 287 g/mol. The summed E-state index contributed by atoms with van der Waals surface area (Å²) >= 11 is 5.55. The smallest absolute Gasteiger partial charge is 0.326 e. The lowest BCUT2D eigenvalue weighted by atomic mass is 10.1. The molecular weight excluding hydrogens is 276 g/mol. The van der Waals surface area contributed by atoms with E-state index in [9.17, 15) is 14.4 Å². The van der Waals surface area contributed by atoms with Crippen LogP contribution in [0.2, 0.25) is 5.15 Å². The Balaban J connectivity index is 2.68. The first kappa shape index (κ1) is 14.9. The third kappa shape index (κ3) is 4.92. The molecule has 1 heterocycles. The highest BCUT2D eigenvalue weighted by molar-refractivity contribution is 6.29. The molecule has 0 radical (unpaired) electrons. The Morgan fingerprint density at radius 1 is 1.32 bits per heavy atom. The van der Waals surface area contributed by atoms with Crippen LogP contribution in [0.4, 0.5) is 0 Å². The molecule has 0 saturated carbocycles. The number of nitrogens with one attached hydrogen (secondary N) is 1. The summed E-state index contributed by atoms with van der Waals surface area (Å²) in [4.78, 5) is 36.7. The van der Waals surface area contributed by atoms with Crippen molar-refractivity contribution in [3.05, 3.63) is 29.0 Å². The molecule has 0 aromatic carbocycles. The zero-order chi connectivity index (χ0) is 14.4. The molecule has 0 bridgehead atoms. The second kappa shape index (κ2) is 6.69. The molecule has 7 nitrogen and oxygen atoms in total. The van der Waals surface area contributed by atoms with Crippen molar-refractivity contribution in [3.8, 4) is 0 Å². The quantitative estimate of drug-likeness (QED) is 0.665. The van der Waals surface area contributed by atoms with Gasteiger partial charge >= 0.3 is 11.9 Å². The molecule has 0 aliphatic carbocycles. The number of carboxylic acid groups (broad SMARTS) is 2. The highest BCUT2D eigenvalue weighted by atomic mass is 35.5. The second-order valence-electron chi connectivity index (χ2n) is 3.67. The molecule has 1 aromatic rings. The fraction of sp³-hybridized carbons (Fsp3) is 0.273. The van der Waals surface area contributed by atoms with Crippen molar-refractivity contribution in [1.29, 1.82) is 0 Å². The summed E-state index contributed by atoms with van der Waals surface area (Å²) in [5, 5.41) is 19.8. The fourth-order valence-electron chi connectivity index (χ4n) is 1.28. The molecule has 1 amide bonds.